The number of amidine groups is 1. The molecule has 0 saturated heterocycles. The van der Waals surface area contributed by atoms with Gasteiger partial charge in [-0.15, -0.1) is 0 Å². The van der Waals surface area contributed by atoms with Gasteiger partial charge in [0.25, 0.3) is 0 Å². The standard InChI is InChI=1S/C5H2BF2N3/c6-5-10-3(7)2(1-9)4(8)11-5/h2-3H. The Morgan fingerprint density at radius 2 is 2.27 bits per heavy atom. The molecule has 2 unspecified atom stereocenters. The minimum absolute atomic E-state index is 0.471. The molecule has 0 aromatic rings. The van der Waals surface area contributed by atoms with Gasteiger partial charge in [-0.3, -0.25) is 0 Å². The lowest BCUT2D eigenvalue weighted by atomic mass is 10.1. The average molecular weight is 153 g/mol. The fourth-order valence-electron chi connectivity index (χ4n) is 0.637. The van der Waals surface area contributed by atoms with Crippen molar-refractivity contribution in [3.8, 4) is 6.07 Å². The van der Waals surface area contributed by atoms with Gasteiger partial charge in [-0.25, -0.2) is 14.4 Å². The third-order valence-electron chi connectivity index (χ3n) is 1.15. The van der Waals surface area contributed by atoms with Crippen LogP contribution in [0.25, 0.3) is 0 Å². The molecule has 11 heavy (non-hydrogen) atoms. The average Bonchev–Trinajstić information content (AvgIpc) is 1.85. The van der Waals surface area contributed by atoms with Crippen LogP contribution in [0.3, 0.4) is 0 Å². The van der Waals surface area contributed by atoms with Crippen LogP contribution in [0.5, 0.6) is 0 Å². The Hall–Kier alpha value is -1.25. The maximum atomic E-state index is 12.5. The molecule has 0 fully saturated rings. The maximum absolute atomic E-state index is 12.5. The molecule has 0 saturated carbocycles. The van der Waals surface area contributed by atoms with Gasteiger partial charge in [0.15, 0.2) is 13.8 Å². The molecule has 0 aromatic heterocycles. The third-order valence-corrected chi connectivity index (χ3v) is 1.15. The first-order valence-electron chi connectivity index (χ1n) is 2.76. The van der Waals surface area contributed by atoms with E-state index in [1.165, 1.54) is 6.07 Å². The van der Waals surface area contributed by atoms with E-state index in [-0.39, 0.29) is 0 Å². The first-order valence-corrected chi connectivity index (χ1v) is 2.76. The molecule has 0 N–H and O–H groups in total. The van der Waals surface area contributed by atoms with Gasteiger partial charge in [-0.1, -0.05) is 0 Å². The Kier molecular flexibility index (Phi) is 1.99. The maximum Gasteiger partial charge on any atom is 0.214 e. The van der Waals surface area contributed by atoms with Crippen LogP contribution in [0.1, 0.15) is 0 Å². The number of halogens is 2. The highest BCUT2D eigenvalue weighted by Gasteiger charge is 2.29. The van der Waals surface area contributed by atoms with Crippen molar-refractivity contribution in [3.05, 3.63) is 0 Å². The summed E-state index contributed by atoms with van der Waals surface area (Å²) in [5, 5.41) is 8.20. The van der Waals surface area contributed by atoms with E-state index in [0.717, 1.165) is 0 Å². The first-order chi connectivity index (χ1) is 5.15. The van der Waals surface area contributed by atoms with E-state index in [2.05, 4.69) is 9.98 Å². The quantitative estimate of drug-likeness (QED) is 0.365. The van der Waals surface area contributed by atoms with Gasteiger partial charge in [0.2, 0.25) is 12.3 Å². The zero-order valence-electron chi connectivity index (χ0n) is 5.33. The number of aliphatic imine (C=N–C) groups is 2. The predicted molar refractivity (Wildman–Crippen MR) is 35.7 cm³/mol. The lowest BCUT2D eigenvalue weighted by molar-refractivity contribution is 0.309. The number of hydrogen-bond donors (Lipinski definition) is 0. The van der Waals surface area contributed by atoms with E-state index in [4.69, 9.17) is 13.1 Å². The minimum Gasteiger partial charge on any atom is -0.244 e. The third kappa shape index (κ3) is 1.42. The van der Waals surface area contributed by atoms with Gasteiger partial charge >= 0.3 is 0 Å². The molecule has 1 heterocycles. The van der Waals surface area contributed by atoms with Gasteiger partial charge < -0.3 is 0 Å². The molecule has 3 nitrogen and oxygen atoms in total. The summed E-state index contributed by atoms with van der Waals surface area (Å²) in [6.07, 6.45) is -1.93. The van der Waals surface area contributed by atoms with Crippen LogP contribution in [0, 0.1) is 17.2 Å². The second-order valence-corrected chi connectivity index (χ2v) is 1.90. The molecule has 2 radical (unpaired) electrons. The van der Waals surface area contributed by atoms with Crippen LogP contribution in [0.15, 0.2) is 9.98 Å². The zero-order chi connectivity index (χ0) is 8.43. The number of nitriles is 1. The van der Waals surface area contributed by atoms with Gasteiger partial charge in [-0.05, 0) is 0 Å². The molecule has 0 spiro atoms. The van der Waals surface area contributed by atoms with Crippen molar-refractivity contribution in [2.24, 2.45) is 15.9 Å². The molecule has 1 rings (SSSR count). The molecule has 54 valence electrons. The van der Waals surface area contributed by atoms with E-state index in [0.29, 0.717) is 0 Å². The highest BCUT2D eigenvalue weighted by Crippen LogP contribution is 2.16. The summed E-state index contributed by atoms with van der Waals surface area (Å²) < 4.78 is 25.0. The van der Waals surface area contributed by atoms with Crippen molar-refractivity contribution >= 4 is 19.5 Å². The van der Waals surface area contributed by atoms with Crippen molar-refractivity contribution in [1.29, 1.82) is 5.26 Å². The van der Waals surface area contributed by atoms with Crippen LogP contribution in [-0.2, 0) is 0 Å². The van der Waals surface area contributed by atoms with E-state index < -0.39 is 23.9 Å². The number of alkyl halides is 1. The van der Waals surface area contributed by atoms with Gasteiger partial charge in [0.1, 0.15) is 0 Å². The summed E-state index contributed by atoms with van der Waals surface area (Å²) in [6.45, 7) is 0. The normalized spacial score (nSPS) is 30.3. The van der Waals surface area contributed by atoms with Crippen molar-refractivity contribution in [1.82, 2.24) is 0 Å². The highest BCUT2D eigenvalue weighted by atomic mass is 19.1. The van der Waals surface area contributed by atoms with Gasteiger partial charge in [-0.2, -0.15) is 9.65 Å². The monoisotopic (exact) mass is 153 g/mol. The predicted octanol–water partition coefficient (Wildman–Crippen LogP) is 0.328. The van der Waals surface area contributed by atoms with Gasteiger partial charge in [0.05, 0.1) is 11.8 Å². The fourth-order valence-corrected chi connectivity index (χ4v) is 0.637. The smallest absolute Gasteiger partial charge is 0.214 e. The molecule has 0 aliphatic carbocycles. The Morgan fingerprint density at radius 1 is 1.64 bits per heavy atom. The molecule has 0 aromatic carbocycles. The summed E-state index contributed by atoms with van der Waals surface area (Å²) in [4.78, 5) is 6.06. The molecule has 1 aliphatic rings. The minimum atomic E-state index is -1.93. The van der Waals surface area contributed by atoms with Crippen LogP contribution in [-0.4, -0.2) is 25.8 Å². The van der Waals surface area contributed by atoms with Gasteiger partial charge in [0, 0.05) is 0 Å². The molecule has 1 aliphatic heterocycles. The summed E-state index contributed by atoms with van der Waals surface area (Å²) in [5.41, 5.74) is -0.471. The van der Waals surface area contributed by atoms with E-state index in [1.807, 2.05) is 0 Å². The molecule has 6 heteroatoms. The molecular formula is C5H2BF2N3. The Balaban J connectivity index is 2.93. The lowest BCUT2D eigenvalue weighted by Gasteiger charge is -2.12. The molecule has 0 bridgehead atoms. The largest absolute Gasteiger partial charge is 0.244 e. The van der Waals surface area contributed by atoms with E-state index in [9.17, 15) is 8.78 Å². The lowest BCUT2D eigenvalue weighted by Crippen LogP contribution is -2.25. The number of hydrogen-bond acceptors (Lipinski definition) is 3. The Morgan fingerprint density at radius 3 is 2.73 bits per heavy atom. The summed E-state index contributed by atoms with van der Waals surface area (Å²) >= 11 is 0. The fraction of sp³-hybridized carbons (Fsp3) is 0.400. The van der Waals surface area contributed by atoms with Crippen molar-refractivity contribution in [2.45, 2.75) is 6.30 Å². The highest BCUT2D eigenvalue weighted by molar-refractivity contribution is 6.60. The van der Waals surface area contributed by atoms with Crippen LogP contribution >= 0.6 is 0 Å². The number of nitrogens with zero attached hydrogens (tertiary/aromatic N) is 3. The second-order valence-electron chi connectivity index (χ2n) is 1.90. The van der Waals surface area contributed by atoms with E-state index in [1.54, 1.807) is 0 Å². The van der Waals surface area contributed by atoms with Crippen LogP contribution in [0.4, 0.5) is 8.78 Å². The zero-order valence-corrected chi connectivity index (χ0v) is 5.33. The summed E-state index contributed by atoms with van der Waals surface area (Å²) in [5.74, 6) is -2.66. The topological polar surface area (TPSA) is 48.5 Å². The Labute approximate surface area is 62.9 Å². The van der Waals surface area contributed by atoms with Crippen molar-refractivity contribution in [3.63, 3.8) is 0 Å². The van der Waals surface area contributed by atoms with Crippen LogP contribution in [0.2, 0.25) is 0 Å². The Bertz CT molecular complexity index is 267. The summed E-state index contributed by atoms with van der Waals surface area (Å²) in [6, 6.07) is 1.38. The van der Waals surface area contributed by atoms with Crippen molar-refractivity contribution < 1.29 is 8.78 Å². The second kappa shape index (κ2) is 2.78. The van der Waals surface area contributed by atoms with E-state index >= 15 is 0 Å². The molecule has 2 atom stereocenters. The molecular weight excluding hydrogens is 151 g/mol. The van der Waals surface area contributed by atoms with Crippen molar-refractivity contribution in [2.75, 3.05) is 0 Å². The summed E-state index contributed by atoms with van der Waals surface area (Å²) in [7, 11) is 4.91. The first kappa shape index (κ1) is 7.86. The number of rotatable bonds is 0. The molecule has 0 amide bonds. The SMILES string of the molecule is [B]C1=NC(F)C(C#N)C(F)=N1. The van der Waals surface area contributed by atoms with Crippen LogP contribution < -0.4 is 0 Å².